The molecule has 1 aromatic carbocycles. The van der Waals surface area contributed by atoms with E-state index in [4.69, 9.17) is 4.74 Å². The van der Waals surface area contributed by atoms with Crippen LogP contribution in [0.25, 0.3) is 0 Å². The Hall–Kier alpha value is -2.10. The molecule has 0 saturated heterocycles. The molecule has 4 nitrogen and oxygen atoms in total. The maximum Gasteiger partial charge on any atom is 0.299 e. The van der Waals surface area contributed by atoms with Gasteiger partial charge in [0, 0.05) is 11.8 Å². The molecule has 1 aromatic heterocycles. The molecule has 0 aliphatic carbocycles. The Kier molecular flexibility index (Phi) is 4.23. The molecule has 0 unspecified atom stereocenters. The van der Waals surface area contributed by atoms with Crippen molar-refractivity contribution in [2.45, 2.75) is 33.2 Å². The Morgan fingerprint density at radius 2 is 1.90 bits per heavy atom. The van der Waals surface area contributed by atoms with Crippen molar-refractivity contribution in [2.75, 3.05) is 7.11 Å². The van der Waals surface area contributed by atoms with Crippen LogP contribution in [0.15, 0.2) is 35.1 Å². The number of aromatic nitrogens is 2. The zero-order valence-electron chi connectivity index (χ0n) is 12.4. The van der Waals surface area contributed by atoms with Crippen molar-refractivity contribution >= 4 is 0 Å². The first-order valence-electron chi connectivity index (χ1n) is 6.72. The molecule has 0 spiro atoms. The summed E-state index contributed by atoms with van der Waals surface area (Å²) in [6.07, 6.45) is 0. The summed E-state index contributed by atoms with van der Waals surface area (Å²) in [6, 6.07) is 10.1. The second kappa shape index (κ2) is 5.90. The van der Waals surface area contributed by atoms with Crippen molar-refractivity contribution in [3.8, 4) is 6.01 Å². The fraction of sp³-hybridized carbons (Fsp3) is 0.375. The molecule has 0 N–H and O–H groups in total. The van der Waals surface area contributed by atoms with Gasteiger partial charge in [-0.1, -0.05) is 38.1 Å². The molecule has 0 aliphatic rings. The Bertz CT molecular complexity index is 643. The predicted octanol–water partition coefficient (Wildman–Crippen LogP) is 2.73. The van der Waals surface area contributed by atoms with Gasteiger partial charge in [0.1, 0.15) is 0 Å². The number of aryl methyl sites for hydroxylation is 1. The van der Waals surface area contributed by atoms with Crippen LogP contribution in [-0.4, -0.2) is 16.7 Å². The summed E-state index contributed by atoms with van der Waals surface area (Å²) in [7, 11) is 1.53. The average Bonchev–Trinajstić information content (AvgIpc) is 2.42. The van der Waals surface area contributed by atoms with E-state index in [0.717, 1.165) is 5.56 Å². The van der Waals surface area contributed by atoms with Crippen LogP contribution in [0.5, 0.6) is 6.01 Å². The summed E-state index contributed by atoms with van der Waals surface area (Å²) < 4.78 is 6.73. The largest absolute Gasteiger partial charge is 0.468 e. The maximum absolute atomic E-state index is 12.0. The molecule has 20 heavy (non-hydrogen) atoms. The second-order valence-electron chi connectivity index (χ2n) is 5.20. The minimum Gasteiger partial charge on any atom is -0.468 e. The molecular formula is C16H20N2O2. The molecule has 0 aliphatic heterocycles. The molecule has 0 radical (unpaired) electrons. The molecule has 106 valence electrons. The average molecular weight is 272 g/mol. The zero-order valence-corrected chi connectivity index (χ0v) is 12.4. The third-order valence-corrected chi connectivity index (χ3v) is 3.27. The fourth-order valence-corrected chi connectivity index (χ4v) is 2.09. The fourth-order valence-electron chi connectivity index (χ4n) is 2.09. The second-order valence-corrected chi connectivity index (χ2v) is 5.20. The standard InChI is InChI=1S/C16H20N2O2/c1-11(2)14-7-5-13(6-8-14)10-18-15(19)9-12(3)17-16(18)20-4/h5-9,11H,10H2,1-4H3. The summed E-state index contributed by atoms with van der Waals surface area (Å²) in [5, 5.41) is 0. The Balaban J connectivity index is 2.32. The quantitative estimate of drug-likeness (QED) is 0.859. The number of nitrogens with zero attached hydrogens (tertiary/aromatic N) is 2. The summed E-state index contributed by atoms with van der Waals surface area (Å²) in [6.45, 7) is 6.57. The zero-order chi connectivity index (χ0) is 14.7. The number of hydrogen-bond acceptors (Lipinski definition) is 3. The van der Waals surface area contributed by atoms with Crippen molar-refractivity contribution < 1.29 is 4.74 Å². The van der Waals surface area contributed by atoms with Gasteiger partial charge in [0.05, 0.1) is 13.7 Å². The number of ether oxygens (including phenoxy) is 1. The van der Waals surface area contributed by atoms with Crippen molar-refractivity contribution in [2.24, 2.45) is 0 Å². The van der Waals surface area contributed by atoms with Gasteiger partial charge in [-0.25, -0.2) is 4.98 Å². The highest BCUT2D eigenvalue weighted by Crippen LogP contribution is 2.16. The van der Waals surface area contributed by atoms with E-state index in [1.807, 2.05) is 12.1 Å². The van der Waals surface area contributed by atoms with Gasteiger partial charge in [-0.3, -0.25) is 9.36 Å². The van der Waals surface area contributed by atoms with Crippen LogP contribution in [0, 0.1) is 6.92 Å². The van der Waals surface area contributed by atoms with Gasteiger partial charge in [0.2, 0.25) is 0 Å². The van der Waals surface area contributed by atoms with E-state index in [-0.39, 0.29) is 5.56 Å². The van der Waals surface area contributed by atoms with Crippen LogP contribution in [0.3, 0.4) is 0 Å². The van der Waals surface area contributed by atoms with Crippen LogP contribution >= 0.6 is 0 Å². The molecular weight excluding hydrogens is 252 g/mol. The third kappa shape index (κ3) is 3.07. The molecule has 2 aromatic rings. The highest BCUT2D eigenvalue weighted by atomic mass is 16.5. The molecule has 0 fully saturated rings. The van der Waals surface area contributed by atoms with Gasteiger partial charge in [0.25, 0.3) is 11.6 Å². The highest BCUT2D eigenvalue weighted by molar-refractivity contribution is 5.25. The van der Waals surface area contributed by atoms with Crippen molar-refractivity contribution in [1.82, 2.24) is 9.55 Å². The van der Waals surface area contributed by atoms with E-state index in [9.17, 15) is 4.79 Å². The summed E-state index contributed by atoms with van der Waals surface area (Å²) in [5.74, 6) is 0.502. The van der Waals surface area contributed by atoms with E-state index in [1.165, 1.54) is 23.3 Å². The monoisotopic (exact) mass is 272 g/mol. The molecule has 0 atom stereocenters. The molecule has 0 amide bonds. The lowest BCUT2D eigenvalue weighted by Gasteiger charge is -2.12. The predicted molar refractivity (Wildman–Crippen MR) is 79.4 cm³/mol. The van der Waals surface area contributed by atoms with Gasteiger partial charge in [0.15, 0.2) is 0 Å². The minimum atomic E-state index is -0.0951. The van der Waals surface area contributed by atoms with Crippen molar-refractivity contribution in [3.63, 3.8) is 0 Å². The molecule has 2 rings (SSSR count). The maximum atomic E-state index is 12.0. The van der Waals surface area contributed by atoms with Crippen LogP contribution in [0.4, 0.5) is 0 Å². The summed E-state index contributed by atoms with van der Waals surface area (Å²) in [5.41, 5.74) is 2.91. The van der Waals surface area contributed by atoms with E-state index in [2.05, 4.69) is 31.0 Å². The third-order valence-electron chi connectivity index (χ3n) is 3.27. The van der Waals surface area contributed by atoms with Crippen LogP contribution in [0.2, 0.25) is 0 Å². The highest BCUT2D eigenvalue weighted by Gasteiger charge is 2.08. The van der Waals surface area contributed by atoms with Crippen LogP contribution in [0.1, 0.15) is 36.6 Å². The summed E-state index contributed by atoms with van der Waals surface area (Å²) in [4.78, 5) is 16.3. The van der Waals surface area contributed by atoms with Crippen LogP contribution in [-0.2, 0) is 6.54 Å². The lowest BCUT2D eigenvalue weighted by atomic mass is 10.0. The minimum absolute atomic E-state index is 0.0951. The van der Waals surface area contributed by atoms with Gasteiger partial charge in [-0.05, 0) is 24.0 Å². The van der Waals surface area contributed by atoms with Crippen LogP contribution < -0.4 is 10.3 Å². The first-order chi connectivity index (χ1) is 9.51. The molecule has 1 heterocycles. The summed E-state index contributed by atoms with van der Waals surface area (Å²) >= 11 is 0. The van der Waals surface area contributed by atoms with Crippen molar-refractivity contribution in [3.05, 3.63) is 57.5 Å². The van der Waals surface area contributed by atoms with E-state index < -0.39 is 0 Å². The van der Waals surface area contributed by atoms with Gasteiger partial charge >= 0.3 is 0 Å². The first-order valence-corrected chi connectivity index (χ1v) is 6.72. The number of benzene rings is 1. The number of methoxy groups -OCH3 is 1. The lowest BCUT2D eigenvalue weighted by Crippen LogP contribution is -2.23. The van der Waals surface area contributed by atoms with E-state index >= 15 is 0 Å². The lowest BCUT2D eigenvalue weighted by molar-refractivity contribution is 0.350. The van der Waals surface area contributed by atoms with E-state index in [1.54, 1.807) is 6.92 Å². The Labute approximate surface area is 119 Å². The van der Waals surface area contributed by atoms with Gasteiger partial charge < -0.3 is 4.74 Å². The molecule has 0 saturated carbocycles. The Morgan fingerprint density at radius 1 is 1.25 bits per heavy atom. The topological polar surface area (TPSA) is 44.1 Å². The van der Waals surface area contributed by atoms with E-state index in [0.29, 0.717) is 24.2 Å². The van der Waals surface area contributed by atoms with Gasteiger partial charge in [-0.2, -0.15) is 0 Å². The number of hydrogen-bond donors (Lipinski definition) is 0. The van der Waals surface area contributed by atoms with Gasteiger partial charge in [-0.15, -0.1) is 0 Å². The molecule has 4 heteroatoms. The van der Waals surface area contributed by atoms with Crippen molar-refractivity contribution in [1.29, 1.82) is 0 Å². The normalized spacial score (nSPS) is 10.8. The number of rotatable bonds is 4. The SMILES string of the molecule is COc1nc(C)cc(=O)n1Cc1ccc(C(C)C)cc1. The smallest absolute Gasteiger partial charge is 0.299 e. The molecule has 0 bridgehead atoms. The first kappa shape index (κ1) is 14.3. The Morgan fingerprint density at radius 3 is 2.45 bits per heavy atom.